The molecule has 2 aromatic carbocycles. The van der Waals surface area contributed by atoms with E-state index < -0.39 is 11.4 Å². The smallest absolute Gasteiger partial charge is 0.255 e. The van der Waals surface area contributed by atoms with Crippen LogP contribution in [0, 0.1) is 0 Å². The van der Waals surface area contributed by atoms with E-state index in [0.29, 0.717) is 16.8 Å². The summed E-state index contributed by atoms with van der Waals surface area (Å²) in [5.74, 6) is -0.759. The van der Waals surface area contributed by atoms with Gasteiger partial charge in [0.25, 0.3) is 11.5 Å². The van der Waals surface area contributed by atoms with E-state index in [1.54, 1.807) is 48.5 Å². The SMILES string of the molecule is O=C(CSc1nc(O)cc(=O)[nH]1)c1ccc(NC(=O)c2ccccc2)cc1. The summed E-state index contributed by atoms with van der Waals surface area (Å²) < 4.78 is 0. The molecule has 136 valence electrons. The normalized spacial score (nSPS) is 10.4. The van der Waals surface area contributed by atoms with Crippen LogP contribution in [0.25, 0.3) is 0 Å². The van der Waals surface area contributed by atoms with E-state index in [1.807, 2.05) is 6.07 Å². The number of hydrogen-bond acceptors (Lipinski definition) is 6. The number of hydrogen-bond donors (Lipinski definition) is 3. The van der Waals surface area contributed by atoms with Crippen molar-refractivity contribution in [1.29, 1.82) is 0 Å². The van der Waals surface area contributed by atoms with Crippen molar-refractivity contribution in [3.05, 3.63) is 82.1 Å². The molecule has 3 N–H and O–H groups in total. The van der Waals surface area contributed by atoms with Gasteiger partial charge in [-0.15, -0.1) is 0 Å². The summed E-state index contributed by atoms with van der Waals surface area (Å²) in [5, 5.41) is 12.2. The fraction of sp³-hybridized carbons (Fsp3) is 0.0526. The molecule has 3 aromatic rings. The molecule has 0 unspecified atom stereocenters. The number of rotatable bonds is 6. The molecule has 1 aromatic heterocycles. The molecule has 0 saturated heterocycles. The molecule has 0 radical (unpaired) electrons. The Kier molecular flexibility index (Phi) is 5.68. The first-order valence-electron chi connectivity index (χ1n) is 7.94. The molecule has 0 atom stereocenters. The Morgan fingerprint density at radius 2 is 1.74 bits per heavy atom. The third-order valence-corrected chi connectivity index (χ3v) is 4.42. The van der Waals surface area contributed by atoms with Crippen molar-refractivity contribution < 1.29 is 14.7 Å². The van der Waals surface area contributed by atoms with Crippen LogP contribution in [0.3, 0.4) is 0 Å². The number of anilines is 1. The first-order valence-corrected chi connectivity index (χ1v) is 8.92. The molecule has 3 rings (SSSR count). The second kappa shape index (κ2) is 8.33. The second-order valence-electron chi connectivity index (χ2n) is 5.52. The maximum atomic E-state index is 12.3. The van der Waals surface area contributed by atoms with E-state index in [4.69, 9.17) is 0 Å². The Hall–Kier alpha value is -3.39. The van der Waals surface area contributed by atoms with Gasteiger partial charge in [0, 0.05) is 16.8 Å². The van der Waals surface area contributed by atoms with Gasteiger partial charge >= 0.3 is 0 Å². The summed E-state index contributed by atoms with van der Waals surface area (Å²) >= 11 is 1.02. The summed E-state index contributed by atoms with van der Waals surface area (Å²) in [6.45, 7) is 0. The molecule has 8 heteroatoms. The summed E-state index contributed by atoms with van der Waals surface area (Å²) in [4.78, 5) is 41.8. The van der Waals surface area contributed by atoms with E-state index in [2.05, 4.69) is 15.3 Å². The zero-order valence-corrected chi connectivity index (χ0v) is 14.8. The Morgan fingerprint density at radius 1 is 1.04 bits per heavy atom. The van der Waals surface area contributed by atoms with Crippen LogP contribution in [0.1, 0.15) is 20.7 Å². The average Bonchev–Trinajstić information content (AvgIpc) is 2.66. The summed E-state index contributed by atoms with van der Waals surface area (Å²) in [6, 6.07) is 16.3. The van der Waals surface area contributed by atoms with Crippen LogP contribution >= 0.6 is 11.8 Å². The molecule has 0 aliphatic rings. The molecule has 0 spiro atoms. The third kappa shape index (κ3) is 5.05. The van der Waals surface area contributed by atoms with Crippen molar-refractivity contribution in [2.24, 2.45) is 0 Å². The van der Waals surface area contributed by atoms with Crippen LogP contribution in [0.2, 0.25) is 0 Å². The van der Waals surface area contributed by atoms with Gasteiger partial charge in [0.05, 0.1) is 11.8 Å². The van der Waals surface area contributed by atoms with Crippen LogP contribution in [0.5, 0.6) is 5.88 Å². The molecule has 0 saturated carbocycles. The number of aromatic hydroxyl groups is 1. The van der Waals surface area contributed by atoms with Crippen LogP contribution in [-0.2, 0) is 0 Å². The monoisotopic (exact) mass is 381 g/mol. The average molecular weight is 381 g/mol. The molecular formula is C19H15N3O4S. The highest BCUT2D eigenvalue weighted by molar-refractivity contribution is 7.99. The number of H-pyrrole nitrogens is 1. The van der Waals surface area contributed by atoms with Crippen molar-refractivity contribution in [3.8, 4) is 5.88 Å². The molecule has 0 bridgehead atoms. The first kappa shape index (κ1) is 18.4. The van der Waals surface area contributed by atoms with Crippen molar-refractivity contribution in [3.63, 3.8) is 0 Å². The predicted octanol–water partition coefficient (Wildman–Crippen LogP) is 2.70. The molecule has 0 aliphatic carbocycles. The number of nitrogens with one attached hydrogen (secondary N) is 2. The lowest BCUT2D eigenvalue weighted by molar-refractivity contribution is 0.101. The number of thioether (sulfide) groups is 1. The van der Waals surface area contributed by atoms with Crippen LogP contribution in [-0.4, -0.2) is 32.5 Å². The van der Waals surface area contributed by atoms with Gasteiger partial charge in [-0.1, -0.05) is 30.0 Å². The van der Waals surface area contributed by atoms with Crippen molar-refractivity contribution in [2.75, 3.05) is 11.1 Å². The van der Waals surface area contributed by atoms with E-state index in [-0.39, 0.29) is 22.6 Å². The number of Topliss-reactive ketones (excluding diaryl/α,β-unsaturated/α-hetero) is 1. The highest BCUT2D eigenvalue weighted by Crippen LogP contribution is 2.17. The third-order valence-electron chi connectivity index (χ3n) is 3.55. The Balaban J connectivity index is 1.60. The van der Waals surface area contributed by atoms with Gasteiger partial charge in [0.1, 0.15) is 0 Å². The zero-order valence-electron chi connectivity index (χ0n) is 14.0. The van der Waals surface area contributed by atoms with Gasteiger partial charge in [-0.05, 0) is 36.4 Å². The maximum absolute atomic E-state index is 12.3. The number of amides is 1. The minimum atomic E-state index is -0.490. The zero-order chi connectivity index (χ0) is 19.2. The standard InChI is InChI=1S/C19H15N3O4S/c23-15(11-27-19-21-16(24)10-17(25)22-19)12-6-8-14(9-7-12)20-18(26)13-4-2-1-3-5-13/h1-10H,11H2,(H,20,26)(H2,21,22,24,25). The quantitative estimate of drug-likeness (QED) is 0.344. The number of aromatic amines is 1. The largest absolute Gasteiger partial charge is 0.493 e. The van der Waals surface area contributed by atoms with Crippen molar-refractivity contribution in [2.45, 2.75) is 5.16 Å². The Labute approximate surface area is 158 Å². The van der Waals surface area contributed by atoms with Crippen LogP contribution in [0.4, 0.5) is 5.69 Å². The first-order chi connectivity index (χ1) is 13.0. The van der Waals surface area contributed by atoms with E-state index in [0.717, 1.165) is 17.8 Å². The molecule has 0 aliphatic heterocycles. The number of carbonyl (C=O) groups excluding carboxylic acids is 2. The number of nitrogens with zero attached hydrogens (tertiary/aromatic N) is 1. The van der Waals surface area contributed by atoms with Gasteiger partial charge < -0.3 is 15.4 Å². The lowest BCUT2D eigenvalue weighted by atomic mass is 10.1. The molecule has 0 fully saturated rings. The molecular weight excluding hydrogens is 366 g/mol. The van der Waals surface area contributed by atoms with Gasteiger partial charge in [-0.3, -0.25) is 14.4 Å². The molecule has 1 amide bonds. The molecule has 7 nitrogen and oxygen atoms in total. The van der Waals surface area contributed by atoms with Gasteiger partial charge in [-0.25, -0.2) is 0 Å². The highest BCUT2D eigenvalue weighted by atomic mass is 32.2. The van der Waals surface area contributed by atoms with Crippen LogP contribution in [0.15, 0.2) is 70.6 Å². The molecule has 27 heavy (non-hydrogen) atoms. The number of benzene rings is 2. The minimum absolute atomic E-state index is 0.0438. The summed E-state index contributed by atoms with van der Waals surface area (Å²) in [5.41, 5.74) is 1.09. The highest BCUT2D eigenvalue weighted by Gasteiger charge is 2.10. The lowest BCUT2D eigenvalue weighted by Gasteiger charge is -2.06. The minimum Gasteiger partial charge on any atom is -0.493 e. The van der Waals surface area contributed by atoms with Crippen molar-refractivity contribution in [1.82, 2.24) is 9.97 Å². The summed E-state index contributed by atoms with van der Waals surface area (Å²) in [7, 11) is 0. The van der Waals surface area contributed by atoms with Gasteiger partial charge in [-0.2, -0.15) is 4.98 Å². The number of aromatic nitrogens is 2. The Morgan fingerprint density at radius 3 is 2.41 bits per heavy atom. The van der Waals surface area contributed by atoms with Gasteiger partial charge in [0.15, 0.2) is 10.9 Å². The number of carbonyl (C=O) groups is 2. The van der Waals surface area contributed by atoms with E-state index in [9.17, 15) is 19.5 Å². The second-order valence-corrected chi connectivity index (χ2v) is 6.48. The van der Waals surface area contributed by atoms with Crippen molar-refractivity contribution >= 4 is 29.1 Å². The lowest BCUT2D eigenvalue weighted by Crippen LogP contribution is -2.12. The van der Waals surface area contributed by atoms with Gasteiger partial charge in [0.2, 0.25) is 5.88 Å². The fourth-order valence-electron chi connectivity index (χ4n) is 2.24. The Bertz CT molecular complexity index is 1020. The maximum Gasteiger partial charge on any atom is 0.255 e. The summed E-state index contributed by atoms with van der Waals surface area (Å²) in [6.07, 6.45) is 0. The topological polar surface area (TPSA) is 112 Å². The molecule has 1 heterocycles. The fourth-order valence-corrected chi connectivity index (χ4v) is 3.01. The van der Waals surface area contributed by atoms with E-state index >= 15 is 0 Å². The number of ketones is 1. The van der Waals surface area contributed by atoms with E-state index in [1.165, 1.54) is 0 Å². The predicted molar refractivity (Wildman–Crippen MR) is 102 cm³/mol. The van der Waals surface area contributed by atoms with Crippen LogP contribution < -0.4 is 10.9 Å².